The Kier molecular flexibility index (Phi) is 5.34. The van der Waals surface area contributed by atoms with Gasteiger partial charge in [0.1, 0.15) is 0 Å². The molecular formula is C10F16O2. The van der Waals surface area contributed by atoms with Gasteiger partial charge in [-0.1, -0.05) is 0 Å². The minimum absolute atomic E-state index is 2.04. The van der Waals surface area contributed by atoms with Crippen LogP contribution in [-0.4, -0.2) is 35.4 Å². The van der Waals surface area contributed by atoms with E-state index in [4.69, 9.17) is 0 Å². The van der Waals surface area contributed by atoms with Crippen LogP contribution >= 0.6 is 0 Å². The summed E-state index contributed by atoms with van der Waals surface area (Å²) >= 11 is 0. The van der Waals surface area contributed by atoms with E-state index in [2.05, 4.69) is 0 Å². The number of rotatable bonds is 4. The van der Waals surface area contributed by atoms with E-state index in [0.29, 0.717) is 0 Å². The van der Waals surface area contributed by atoms with Crippen molar-refractivity contribution in [2.45, 2.75) is 35.4 Å². The summed E-state index contributed by atoms with van der Waals surface area (Å²) in [7, 11) is 0. The van der Waals surface area contributed by atoms with Crippen LogP contribution in [0.4, 0.5) is 70.2 Å². The third-order valence-corrected chi connectivity index (χ3v) is 3.16. The Morgan fingerprint density at radius 3 is 0.786 bits per heavy atom. The van der Waals surface area contributed by atoms with E-state index in [-0.39, 0.29) is 0 Å². The smallest absolute Gasteiger partial charge is 0.396 e. The molecule has 0 aromatic carbocycles. The van der Waals surface area contributed by atoms with E-state index in [9.17, 15) is 70.2 Å². The van der Waals surface area contributed by atoms with Gasteiger partial charge in [-0.15, -0.1) is 0 Å². The van der Waals surface area contributed by atoms with Crippen LogP contribution in [0.3, 0.4) is 0 Å². The van der Waals surface area contributed by atoms with E-state index in [1.807, 2.05) is 9.47 Å². The molecule has 0 N–H and O–H groups in total. The Morgan fingerprint density at radius 2 is 0.607 bits per heavy atom. The summed E-state index contributed by atoms with van der Waals surface area (Å²) in [5.41, 5.74) is 0. The number of hydrogen-bond donors (Lipinski definition) is 0. The highest BCUT2D eigenvalue weighted by Crippen LogP contribution is 2.70. The highest BCUT2D eigenvalue weighted by molar-refractivity contribution is 5.25. The fourth-order valence-corrected chi connectivity index (χ4v) is 1.79. The molecule has 0 heterocycles. The van der Waals surface area contributed by atoms with Crippen molar-refractivity contribution in [2.24, 2.45) is 0 Å². The van der Waals surface area contributed by atoms with Crippen LogP contribution in [0.25, 0.3) is 0 Å². The average molecular weight is 456 g/mol. The summed E-state index contributed by atoms with van der Waals surface area (Å²) in [6, 6.07) is -8.32. The second kappa shape index (κ2) is 6.23. The van der Waals surface area contributed by atoms with Gasteiger partial charge in [0, 0.05) is 0 Å². The van der Waals surface area contributed by atoms with Crippen molar-refractivity contribution in [1.29, 1.82) is 0 Å². The van der Waals surface area contributed by atoms with E-state index >= 15 is 0 Å². The minimum atomic E-state index is -7.75. The van der Waals surface area contributed by atoms with Crippen molar-refractivity contribution in [3.05, 3.63) is 24.2 Å². The summed E-state index contributed by atoms with van der Waals surface area (Å²) < 4.78 is 212. The molecule has 0 amide bonds. The molecule has 1 rings (SSSR count). The maximum absolute atomic E-state index is 14.2. The third-order valence-electron chi connectivity index (χ3n) is 3.16. The maximum Gasteiger partial charge on any atom is 0.396 e. The predicted octanol–water partition coefficient (Wildman–Crippen LogP) is 5.98. The second-order valence-electron chi connectivity index (χ2n) is 4.76. The molecule has 0 bridgehead atoms. The molecule has 0 spiro atoms. The molecule has 0 aromatic rings. The number of ether oxygens (including phenoxy) is 2. The molecule has 1 aliphatic rings. The zero-order valence-corrected chi connectivity index (χ0v) is 11.9. The lowest BCUT2D eigenvalue weighted by atomic mass is 9.77. The van der Waals surface area contributed by atoms with Gasteiger partial charge in [-0.3, -0.25) is 0 Å². The van der Waals surface area contributed by atoms with Gasteiger partial charge in [0.2, 0.25) is 0 Å². The Morgan fingerprint density at radius 1 is 0.393 bits per heavy atom. The van der Waals surface area contributed by atoms with Gasteiger partial charge in [0.25, 0.3) is 0 Å². The molecule has 2 nitrogen and oxygen atoms in total. The number of alkyl halides is 10. The molecular weight excluding hydrogens is 456 g/mol. The van der Waals surface area contributed by atoms with Gasteiger partial charge in [-0.25, -0.2) is 0 Å². The van der Waals surface area contributed by atoms with Crippen molar-refractivity contribution in [3.63, 3.8) is 0 Å². The molecule has 18 heteroatoms. The lowest BCUT2D eigenvalue weighted by Gasteiger charge is -2.53. The van der Waals surface area contributed by atoms with E-state index in [0.717, 1.165) is 0 Å². The van der Waals surface area contributed by atoms with Crippen molar-refractivity contribution in [3.8, 4) is 0 Å². The minimum Gasteiger partial charge on any atom is -0.417 e. The molecule has 0 aromatic heterocycles. The third kappa shape index (κ3) is 2.58. The zero-order chi connectivity index (χ0) is 22.7. The largest absolute Gasteiger partial charge is 0.417 e. The lowest BCUT2D eigenvalue weighted by Crippen LogP contribution is -2.85. The van der Waals surface area contributed by atoms with Crippen LogP contribution < -0.4 is 0 Å². The number of halogens is 16. The molecule has 28 heavy (non-hydrogen) atoms. The Hall–Kier alpha value is -2.04. The van der Waals surface area contributed by atoms with Crippen LogP contribution in [0.15, 0.2) is 24.2 Å². The van der Waals surface area contributed by atoms with Crippen LogP contribution in [0.1, 0.15) is 0 Å². The first-order chi connectivity index (χ1) is 12.2. The van der Waals surface area contributed by atoms with Gasteiger partial charge in [0.15, 0.2) is 0 Å². The van der Waals surface area contributed by atoms with Gasteiger partial charge < -0.3 is 9.47 Å². The molecule has 164 valence electrons. The molecule has 0 radical (unpaired) electrons. The van der Waals surface area contributed by atoms with E-state index in [1.165, 1.54) is 0 Å². The highest BCUT2D eigenvalue weighted by atomic mass is 19.4. The van der Waals surface area contributed by atoms with Crippen LogP contribution in [0.2, 0.25) is 0 Å². The molecule has 2 unspecified atom stereocenters. The molecule has 0 saturated heterocycles. The first-order valence-corrected chi connectivity index (χ1v) is 5.84. The fraction of sp³-hybridized carbons (Fsp3) is 0.600. The van der Waals surface area contributed by atoms with E-state index < -0.39 is 59.6 Å². The first-order valence-electron chi connectivity index (χ1n) is 5.84. The van der Waals surface area contributed by atoms with Crippen LogP contribution in [-0.2, 0) is 9.47 Å². The van der Waals surface area contributed by atoms with Crippen molar-refractivity contribution < 1.29 is 79.7 Å². The molecule has 2 atom stereocenters. The highest BCUT2D eigenvalue weighted by Gasteiger charge is 3.03. The van der Waals surface area contributed by atoms with Gasteiger partial charge in [-0.05, 0) is 0 Å². The Labute approximate surface area is 141 Å². The average Bonchev–Trinajstić information content (AvgIpc) is 2.52. The summed E-state index contributed by atoms with van der Waals surface area (Å²) in [6.07, 6.45) is -8.24. The Bertz CT molecular complexity index is 644. The zero-order valence-electron chi connectivity index (χ0n) is 11.9. The standard InChI is InChI=1S/C10F16O2/c11-1(12)3(15)27-9(25)7(21,22)5(17,18)6(19,20)8(23,24)10(9,26)28-4(16)2(13)14. The van der Waals surface area contributed by atoms with Crippen molar-refractivity contribution in [2.75, 3.05) is 0 Å². The van der Waals surface area contributed by atoms with Gasteiger partial charge in [0.05, 0.1) is 0 Å². The summed E-state index contributed by atoms with van der Waals surface area (Å²) in [5.74, 6) is -45.9. The topological polar surface area (TPSA) is 18.5 Å². The molecule has 1 fully saturated rings. The maximum atomic E-state index is 14.2. The summed E-state index contributed by atoms with van der Waals surface area (Å²) in [6.45, 7) is 0. The fourth-order valence-electron chi connectivity index (χ4n) is 1.79. The van der Waals surface area contributed by atoms with Crippen LogP contribution in [0, 0.1) is 0 Å². The second-order valence-corrected chi connectivity index (χ2v) is 4.76. The molecule has 1 saturated carbocycles. The molecule has 0 aliphatic heterocycles. The van der Waals surface area contributed by atoms with Crippen molar-refractivity contribution in [1.82, 2.24) is 0 Å². The normalized spacial score (nSPS) is 32.3. The predicted molar refractivity (Wildman–Crippen MR) is 50.3 cm³/mol. The van der Waals surface area contributed by atoms with Crippen LogP contribution in [0.5, 0.6) is 0 Å². The number of hydrogen-bond acceptors (Lipinski definition) is 2. The van der Waals surface area contributed by atoms with Gasteiger partial charge >= 0.3 is 59.6 Å². The molecule has 1 aliphatic carbocycles. The lowest BCUT2D eigenvalue weighted by molar-refractivity contribution is -0.537. The monoisotopic (exact) mass is 456 g/mol. The van der Waals surface area contributed by atoms with E-state index in [1.54, 1.807) is 0 Å². The first kappa shape index (κ1) is 24.0. The van der Waals surface area contributed by atoms with Crippen molar-refractivity contribution >= 4 is 0 Å². The SMILES string of the molecule is FC(F)=C(F)OC1(F)C(F)(F)C(F)(F)C(F)(F)C(F)(F)C1(F)OC(F)=C(F)F. The Balaban J connectivity index is 4.02. The summed E-state index contributed by atoms with van der Waals surface area (Å²) in [4.78, 5) is 0. The quantitative estimate of drug-likeness (QED) is 0.383. The van der Waals surface area contributed by atoms with Gasteiger partial charge in [-0.2, -0.15) is 70.2 Å². The summed E-state index contributed by atoms with van der Waals surface area (Å²) in [5, 5.41) is 0.